The third-order valence-electron chi connectivity index (χ3n) is 1.80. The summed E-state index contributed by atoms with van der Waals surface area (Å²) in [6, 6.07) is 1.55. The van der Waals surface area contributed by atoms with E-state index in [0.29, 0.717) is 23.2 Å². The molecule has 0 radical (unpaired) electrons. The molecule has 0 aromatic carbocycles. The summed E-state index contributed by atoms with van der Waals surface area (Å²) in [6.45, 7) is 2.03. The fourth-order valence-corrected chi connectivity index (χ4v) is 2.61. The number of hydrogen-bond acceptors (Lipinski definition) is 9. The molecule has 9 heteroatoms. The molecule has 0 spiro atoms. The minimum atomic E-state index is -0.513. The zero-order chi connectivity index (χ0) is 13.0. The molecular weight excluding hydrogens is 276 g/mol. The number of esters is 1. The molecule has 0 amide bonds. The van der Waals surface area contributed by atoms with Crippen LogP contribution in [-0.4, -0.2) is 27.9 Å². The summed E-state index contributed by atoms with van der Waals surface area (Å²) in [5.74, 6) is 0.114. The van der Waals surface area contributed by atoms with Gasteiger partial charge in [-0.25, -0.2) is 4.79 Å². The van der Waals surface area contributed by atoms with E-state index in [4.69, 9.17) is 15.0 Å². The highest BCUT2D eigenvalue weighted by atomic mass is 32.2. The number of carbonyl (C=O) groups excluding carboxylic acids is 1. The van der Waals surface area contributed by atoms with E-state index in [1.165, 1.54) is 23.1 Å². The van der Waals surface area contributed by atoms with Crippen molar-refractivity contribution in [3.8, 4) is 0 Å². The van der Waals surface area contributed by atoms with Crippen LogP contribution in [0.5, 0.6) is 0 Å². The lowest BCUT2D eigenvalue weighted by Crippen LogP contribution is -2.02. The van der Waals surface area contributed by atoms with Crippen molar-refractivity contribution in [2.45, 2.75) is 17.0 Å². The molecule has 0 aliphatic heterocycles. The zero-order valence-electron chi connectivity index (χ0n) is 9.45. The minimum Gasteiger partial charge on any atom is -0.460 e. The predicted octanol–water partition coefficient (Wildman–Crippen LogP) is 1.58. The summed E-state index contributed by atoms with van der Waals surface area (Å²) in [5.41, 5.74) is 6.10. The van der Waals surface area contributed by atoms with Crippen LogP contribution in [0.2, 0.25) is 0 Å². The van der Waals surface area contributed by atoms with Crippen molar-refractivity contribution in [3.05, 3.63) is 17.5 Å². The number of aromatic nitrogens is 3. The van der Waals surface area contributed by atoms with Crippen LogP contribution in [0, 0.1) is 0 Å². The minimum absolute atomic E-state index is 0.101. The van der Waals surface area contributed by atoms with E-state index >= 15 is 0 Å². The number of thioether (sulfide) groups is 1. The lowest BCUT2D eigenvalue weighted by molar-refractivity contribution is 0.0479. The van der Waals surface area contributed by atoms with Gasteiger partial charge in [0, 0.05) is 11.8 Å². The predicted molar refractivity (Wildman–Crippen MR) is 66.3 cm³/mol. The molecule has 7 nitrogen and oxygen atoms in total. The Balaban J connectivity index is 1.92. The number of rotatable bonds is 5. The Labute approximate surface area is 111 Å². The van der Waals surface area contributed by atoms with Gasteiger partial charge in [0.1, 0.15) is 0 Å². The van der Waals surface area contributed by atoms with Crippen LogP contribution in [0.15, 0.2) is 14.9 Å². The second kappa shape index (κ2) is 5.83. The molecule has 0 unspecified atom stereocenters. The first-order valence-electron chi connectivity index (χ1n) is 5.03. The van der Waals surface area contributed by atoms with E-state index in [-0.39, 0.29) is 5.76 Å². The molecule has 2 heterocycles. The van der Waals surface area contributed by atoms with Gasteiger partial charge in [-0.1, -0.05) is 28.3 Å². The van der Waals surface area contributed by atoms with Crippen molar-refractivity contribution in [1.82, 2.24) is 15.4 Å². The summed E-state index contributed by atoms with van der Waals surface area (Å²) in [4.78, 5) is 11.3. The summed E-state index contributed by atoms with van der Waals surface area (Å²) in [6.07, 6.45) is 0. The van der Waals surface area contributed by atoms with E-state index < -0.39 is 5.97 Å². The molecule has 0 aliphatic carbocycles. The van der Waals surface area contributed by atoms with Crippen LogP contribution in [-0.2, 0) is 10.5 Å². The monoisotopic (exact) mass is 286 g/mol. The van der Waals surface area contributed by atoms with Crippen molar-refractivity contribution in [3.63, 3.8) is 0 Å². The van der Waals surface area contributed by atoms with Gasteiger partial charge in [-0.3, -0.25) is 0 Å². The molecular formula is C9H10N4O3S2. The van der Waals surface area contributed by atoms with Gasteiger partial charge < -0.3 is 15.0 Å². The molecule has 2 aromatic heterocycles. The maximum Gasteiger partial charge on any atom is 0.377 e. The summed E-state index contributed by atoms with van der Waals surface area (Å²) in [7, 11) is 0. The quantitative estimate of drug-likeness (QED) is 0.652. The summed E-state index contributed by atoms with van der Waals surface area (Å²) in [5, 5.41) is 11.7. The molecule has 2 N–H and O–H groups in total. The topological polar surface area (TPSA) is 104 Å². The van der Waals surface area contributed by atoms with Crippen LogP contribution in [0.4, 0.5) is 5.13 Å². The Morgan fingerprint density at radius 3 is 3.11 bits per heavy atom. The maximum atomic E-state index is 11.3. The van der Waals surface area contributed by atoms with Gasteiger partial charge in [0.05, 0.1) is 12.3 Å². The number of nitrogen functional groups attached to an aromatic ring is 1. The van der Waals surface area contributed by atoms with Crippen LogP contribution in [0.3, 0.4) is 0 Å². The smallest absolute Gasteiger partial charge is 0.377 e. The molecule has 96 valence electrons. The Morgan fingerprint density at radius 2 is 2.44 bits per heavy atom. The van der Waals surface area contributed by atoms with Gasteiger partial charge in [-0.05, 0) is 6.92 Å². The van der Waals surface area contributed by atoms with Crippen LogP contribution in [0.25, 0.3) is 0 Å². The Bertz CT molecular complexity index is 539. The van der Waals surface area contributed by atoms with Crippen molar-refractivity contribution in [1.29, 1.82) is 0 Å². The van der Waals surface area contributed by atoms with Gasteiger partial charge >= 0.3 is 5.97 Å². The number of hydrogen-bond donors (Lipinski definition) is 1. The second-order valence-corrected chi connectivity index (χ2v) is 5.33. The number of anilines is 1. The SMILES string of the molecule is CCOC(=O)c1cc(CSc2nnc(N)s2)no1. The molecule has 0 atom stereocenters. The van der Waals surface area contributed by atoms with E-state index in [1.54, 1.807) is 13.0 Å². The highest BCUT2D eigenvalue weighted by molar-refractivity contribution is 8.00. The molecule has 18 heavy (non-hydrogen) atoms. The Morgan fingerprint density at radius 1 is 1.61 bits per heavy atom. The lowest BCUT2D eigenvalue weighted by Gasteiger charge is -1.94. The van der Waals surface area contributed by atoms with E-state index in [1.807, 2.05) is 0 Å². The van der Waals surface area contributed by atoms with Gasteiger partial charge in [0.15, 0.2) is 4.34 Å². The maximum absolute atomic E-state index is 11.3. The van der Waals surface area contributed by atoms with Crippen LogP contribution >= 0.6 is 23.1 Å². The first kappa shape index (κ1) is 12.8. The van der Waals surface area contributed by atoms with Gasteiger partial charge in [0.2, 0.25) is 10.9 Å². The van der Waals surface area contributed by atoms with Crippen molar-refractivity contribution < 1.29 is 14.1 Å². The molecule has 2 aromatic rings. The third-order valence-corrected chi connectivity index (χ3v) is 3.72. The first-order chi connectivity index (χ1) is 8.69. The number of ether oxygens (including phenoxy) is 1. The molecule has 0 bridgehead atoms. The zero-order valence-corrected chi connectivity index (χ0v) is 11.1. The van der Waals surface area contributed by atoms with E-state index in [9.17, 15) is 4.79 Å². The van der Waals surface area contributed by atoms with Gasteiger partial charge in [0.25, 0.3) is 0 Å². The highest BCUT2D eigenvalue weighted by Gasteiger charge is 2.14. The van der Waals surface area contributed by atoms with Crippen LogP contribution in [0.1, 0.15) is 23.2 Å². The van der Waals surface area contributed by atoms with Gasteiger partial charge in [-0.15, -0.1) is 10.2 Å². The third kappa shape index (κ3) is 3.20. The largest absolute Gasteiger partial charge is 0.460 e. The highest BCUT2D eigenvalue weighted by Crippen LogP contribution is 2.26. The molecule has 0 aliphatic rings. The lowest BCUT2D eigenvalue weighted by atomic mass is 10.4. The Hall–Kier alpha value is -1.61. The summed E-state index contributed by atoms with van der Waals surface area (Å²) < 4.78 is 10.4. The molecule has 0 saturated carbocycles. The number of nitrogens with two attached hydrogens (primary N) is 1. The molecule has 2 rings (SSSR count). The standard InChI is InChI=1S/C9H10N4O3S2/c1-2-15-7(14)6-3-5(13-16-6)4-17-9-12-11-8(10)18-9/h3H,2,4H2,1H3,(H2,10,11). The van der Waals surface area contributed by atoms with Crippen molar-refractivity contribution in [2.75, 3.05) is 12.3 Å². The average Bonchev–Trinajstić information content (AvgIpc) is 2.95. The fourth-order valence-electron chi connectivity index (χ4n) is 1.09. The van der Waals surface area contributed by atoms with Crippen molar-refractivity contribution >= 4 is 34.2 Å². The second-order valence-electron chi connectivity index (χ2n) is 3.10. The van der Waals surface area contributed by atoms with E-state index in [0.717, 1.165) is 4.34 Å². The fraction of sp³-hybridized carbons (Fsp3) is 0.333. The van der Waals surface area contributed by atoms with E-state index in [2.05, 4.69) is 15.4 Å². The van der Waals surface area contributed by atoms with Crippen LogP contribution < -0.4 is 5.73 Å². The van der Waals surface area contributed by atoms with Gasteiger partial charge in [-0.2, -0.15) is 0 Å². The molecule has 0 fully saturated rings. The Kier molecular flexibility index (Phi) is 4.15. The normalized spacial score (nSPS) is 10.5. The first-order valence-corrected chi connectivity index (χ1v) is 6.83. The number of nitrogens with zero attached hydrogens (tertiary/aromatic N) is 3. The average molecular weight is 286 g/mol. The van der Waals surface area contributed by atoms with Crippen molar-refractivity contribution in [2.24, 2.45) is 0 Å². The number of carbonyl (C=O) groups is 1. The molecule has 0 saturated heterocycles. The summed E-state index contributed by atoms with van der Waals surface area (Å²) >= 11 is 2.72.